The third-order valence-corrected chi connectivity index (χ3v) is 1.94. The van der Waals surface area contributed by atoms with Crippen LogP contribution in [0.5, 0.6) is 0 Å². The van der Waals surface area contributed by atoms with E-state index in [1.165, 1.54) is 7.05 Å². The molecule has 0 N–H and O–H groups in total. The van der Waals surface area contributed by atoms with Crippen molar-refractivity contribution in [1.82, 2.24) is 14.8 Å². The van der Waals surface area contributed by atoms with Crippen LogP contribution in [0, 0.1) is 0 Å². The number of ether oxygens (including phenoxy) is 1. The van der Waals surface area contributed by atoms with Crippen LogP contribution in [0.1, 0.15) is 29.8 Å². The van der Waals surface area contributed by atoms with Gasteiger partial charge in [0, 0.05) is 13.5 Å². The highest BCUT2D eigenvalue weighted by molar-refractivity contribution is 5.84. The van der Waals surface area contributed by atoms with Gasteiger partial charge in [-0.25, -0.2) is 9.78 Å². The SMILES string of the molecule is CCOC(=O)c1nc(CCC(F)(F)F)n(C)n1. The van der Waals surface area contributed by atoms with Crippen molar-refractivity contribution in [3.63, 3.8) is 0 Å². The number of aryl methyl sites for hydroxylation is 2. The third-order valence-electron chi connectivity index (χ3n) is 1.94. The third kappa shape index (κ3) is 4.04. The Morgan fingerprint density at radius 2 is 2.12 bits per heavy atom. The van der Waals surface area contributed by atoms with Crippen LogP contribution in [0.3, 0.4) is 0 Å². The zero-order valence-corrected chi connectivity index (χ0v) is 9.41. The molecule has 0 aliphatic rings. The number of rotatable bonds is 4. The summed E-state index contributed by atoms with van der Waals surface area (Å²) in [5.74, 6) is -0.849. The smallest absolute Gasteiger partial charge is 0.389 e. The molecule has 0 radical (unpaired) electrons. The molecule has 0 bridgehead atoms. The number of aromatic nitrogens is 3. The van der Waals surface area contributed by atoms with Crippen LogP contribution in [0.2, 0.25) is 0 Å². The lowest BCUT2D eigenvalue weighted by Gasteiger charge is -2.04. The summed E-state index contributed by atoms with van der Waals surface area (Å²) in [6.07, 6.45) is -5.57. The first-order valence-electron chi connectivity index (χ1n) is 4.97. The van der Waals surface area contributed by atoms with Gasteiger partial charge in [0.05, 0.1) is 13.0 Å². The van der Waals surface area contributed by atoms with Gasteiger partial charge in [0.25, 0.3) is 5.82 Å². The summed E-state index contributed by atoms with van der Waals surface area (Å²) in [6, 6.07) is 0. The van der Waals surface area contributed by atoms with E-state index in [9.17, 15) is 18.0 Å². The van der Waals surface area contributed by atoms with Crippen LogP contribution >= 0.6 is 0 Å². The van der Waals surface area contributed by atoms with Crippen LogP contribution in [0.4, 0.5) is 13.2 Å². The maximum atomic E-state index is 12.0. The van der Waals surface area contributed by atoms with Crippen molar-refractivity contribution in [3.05, 3.63) is 11.6 Å². The fourth-order valence-electron chi connectivity index (χ4n) is 1.17. The molecule has 1 heterocycles. The highest BCUT2D eigenvalue weighted by Crippen LogP contribution is 2.21. The molecule has 0 fully saturated rings. The van der Waals surface area contributed by atoms with E-state index >= 15 is 0 Å². The van der Waals surface area contributed by atoms with E-state index in [4.69, 9.17) is 0 Å². The van der Waals surface area contributed by atoms with Crippen molar-refractivity contribution < 1.29 is 22.7 Å². The molecule has 0 aliphatic heterocycles. The minimum atomic E-state index is -4.25. The standard InChI is InChI=1S/C9H12F3N3O2/c1-3-17-8(16)7-13-6(15(2)14-7)4-5-9(10,11)12/h3-5H2,1-2H3. The normalized spacial score (nSPS) is 11.6. The van der Waals surface area contributed by atoms with Gasteiger partial charge >= 0.3 is 12.1 Å². The number of esters is 1. The van der Waals surface area contributed by atoms with Crippen molar-refractivity contribution in [2.45, 2.75) is 25.9 Å². The van der Waals surface area contributed by atoms with E-state index in [0.717, 1.165) is 4.68 Å². The summed E-state index contributed by atoms with van der Waals surface area (Å²) in [5, 5.41) is 3.69. The van der Waals surface area contributed by atoms with E-state index in [-0.39, 0.29) is 24.7 Å². The first-order valence-corrected chi connectivity index (χ1v) is 4.97. The first-order chi connectivity index (χ1) is 7.83. The van der Waals surface area contributed by atoms with Gasteiger partial charge < -0.3 is 4.74 Å². The average Bonchev–Trinajstić information content (AvgIpc) is 2.56. The summed E-state index contributed by atoms with van der Waals surface area (Å²) in [5.41, 5.74) is 0. The number of halogens is 3. The predicted molar refractivity (Wildman–Crippen MR) is 51.3 cm³/mol. The zero-order chi connectivity index (χ0) is 13.1. The Kier molecular flexibility index (Phi) is 4.08. The van der Waals surface area contributed by atoms with Crippen LogP contribution < -0.4 is 0 Å². The monoisotopic (exact) mass is 251 g/mol. The van der Waals surface area contributed by atoms with Crippen LogP contribution in [-0.2, 0) is 18.2 Å². The lowest BCUT2D eigenvalue weighted by Crippen LogP contribution is -2.11. The van der Waals surface area contributed by atoms with Gasteiger partial charge in [0.1, 0.15) is 5.82 Å². The Morgan fingerprint density at radius 3 is 2.65 bits per heavy atom. The molecule has 5 nitrogen and oxygen atoms in total. The van der Waals surface area contributed by atoms with Gasteiger partial charge in [0.2, 0.25) is 0 Å². The summed E-state index contributed by atoms with van der Waals surface area (Å²) < 4.78 is 41.8. The van der Waals surface area contributed by atoms with E-state index in [2.05, 4.69) is 14.8 Å². The summed E-state index contributed by atoms with van der Waals surface area (Å²) in [6.45, 7) is 1.78. The molecule has 0 unspecified atom stereocenters. The van der Waals surface area contributed by atoms with Gasteiger partial charge in [-0.1, -0.05) is 0 Å². The molecule has 0 saturated heterocycles. The molecule has 0 atom stereocenters. The van der Waals surface area contributed by atoms with Crippen molar-refractivity contribution in [2.24, 2.45) is 7.05 Å². The highest BCUT2D eigenvalue weighted by atomic mass is 19.4. The summed E-state index contributed by atoms with van der Waals surface area (Å²) in [7, 11) is 1.43. The second kappa shape index (κ2) is 5.15. The largest absolute Gasteiger partial charge is 0.460 e. The summed E-state index contributed by atoms with van der Waals surface area (Å²) in [4.78, 5) is 14.9. The van der Waals surface area contributed by atoms with Gasteiger partial charge in [-0.15, -0.1) is 5.10 Å². The van der Waals surface area contributed by atoms with Gasteiger partial charge in [0.15, 0.2) is 0 Å². The molecule has 8 heteroatoms. The maximum Gasteiger partial charge on any atom is 0.389 e. The Bertz CT molecular complexity index is 401. The molecular weight excluding hydrogens is 239 g/mol. The molecule has 0 spiro atoms. The van der Waals surface area contributed by atoms with Crippen molar-refractivity contribution in [2.75, 3.05) is 6.61 Å². The van der Waals surface area contributed by atoms with E-state index in [0.29, 0.717) is 0 Å². The fourth-order valence-corrected chi connectivity index (χ4v) is 1.17. The number of carbonyl (C=O) groups excluding carboxylic acids is 1. The van der Waals surface area contributed by atoms with Crippen LogP contribution in [0.25, 0.3) is 0 Å². The van der Waals surface area contributed by atoms with E-state index in [1.807, 2.05) is 0 Å². The molecule has 1 rings (SSSR count). The van der Waals surface area contributed by atoms with E-state index in [1.54, 1.807) is 6.92 Å². The average molecular weight is 251 g/mol. The quantitative estimate of drug-likeness (QED) is 0.761. The summed E-state index contributed by atoms with van der Waals surface area (Å²) >= 11 is 0. The minimum absolute atomic E-state index is 0.102. The maximum absolute atomic E-state index is 12.0. The molecular formula is C9H12F3N3O2. The number of nitrogens with zero attached hydrogens (tertiary/aromatic N) is 3. The van der Waals surface area contributed by atoms with Crippen molar-refractivity contribution in [3.8, 4) is 0 Å². The second-order valence-corrected chi connectivity index (χ2v) is 3.31. The Labute approximate surface area is 95.6 Å². The topological polar surface area (TPSA) is 57.0 Å². The second-order valence-electron chi connectivity index (χ2n) is 3.31. The zero-order valence-electron chi connectivity index (χ0n) is 9.41. The number of alkyl halides is 3. The molecule has 0 aromatic carbocycles. The van der Waals surface area contributed by atoms with Crippen molar-refractivity contribution in [1.29, 1.82) is 0 Å². The lowest BCUT2D eigenvalue weighted by atomic mass is 10.3. The number of carbonyl (C=O) groups is 1. The molecule has 1 aromatic heterocycles. The predicted octanol–water partition coefficient (Wildman–Crippen LogP) is 1.49. The Balaban J connectivity index is 2.72. The molecule has 0 amide bonds. The van der Waals surface area contributed by atoms with Crippen LogP contribution in [0.15, 0.2) is 0 Å². The molecule has 0 aliphatic carbocycles. The van der Waals surface area contributed by atoms with E-state index < -0.39 is 18.6 Å². The first kappa shape index (κ1) is 13.5. The van der Waals surface area contributed by atoms with Gasteiger partial charge in [-0.3, -0.25) is 4.68 Å². The Morgan fingerprint density at radius 1 is 1.47 bits per heavy atom. The van der Waals surface area contributed by atoms with Crippen molar-refractivity contribution >= 4 is 5.97 Å². The fraction of sp³-hybridized carbons (Fsp3) is 0.667. The number of hydrogen-bond acceptors (Lipinski definition) is 4. The van der Waals surface area contributed by atoms with Gasteiger partial charge in [-0.05, 0) is 6.92 Å². The van der Waals surface area contributed by atoms with Crippen LogP contribution in [-0.4, -0.2) is 33.5 Å². The highest BCUT2D eigenvalue weighted by Gasteiger charge is 2.28. The molecule has 0 saturated carbocycles. The Hall–Kier alpha value is -1.60. The minimum Gasteiger partial charge on any atom is -0.460 e. The number of hydrogen-bond donors (Lipinski definition) is 0. The molecule has 96 valence electrons. The molecule has 1 aromatic rings. The lowest BCUT2D eigenvalue weighted by molar-refractivity contribution is -0.134. The molecule has 17 heavy (non-hydrogen) atoms. The van der Waals surface area contributed by atoms with Gasteiger partial charge in [-0.2, -0.15) is 13.2 Å².